The van der Waals surface area contributed by atoms with Crippen molar-refractivity contribution in [3.63, 3.8) is 0 Å². The van der Waals surface area contributed by atoms with E-state index < -0.39 is 0 Å². The molecule has 0 saturated heterocycles. The van der Waals surface area contributed by atoms with Crippen molar-refractivity contribution in [2.24, 2.45) is 0 Å². The van der Waals surface area contributed by atoms with Gasteiger partial charge in [0, 0.05) is 55.1 Å². The van der Waals surface area contributed by atoms with Crippen molar-refractivity contribution < 1.29 is 4.42 Å². The van der Waals surface area contributed by atoms with Crippen molar-refractivity contribution >= 4 is 82.6 Å². The average Bonchev–Trinajstić information content (AvgIpc) is 3.95. The van der Waals surface area contributed by atoms with Gasteiger partial charge in [0.25, 0.3) is 0 Å². The Morgan fingerprint density at radius 1 is 0.345 bits per heavy atom. The molecule has 3 heterocycles. The lowest BCUT2D eigenvalue weighted by Gasteiger charge is -2.27. The van der Waals surface area contributed by atoms with Gasteiger partial charge in [0.2, 0.25) is 0 Å². The van der Waals surface area contributed by atoms with E-state index in [-0.39, 0.29) is 0 Å². The van der Waals surface area contributed by atoms with Crippen molar-refractivity contribution in [1.29, 1.82) is 0 Å². The van der Waals surface area contributed by atoms with E-state index >= 15 is 0 Å². The maximum absolute atomic E-state index is 6.36. The Balaban J connectivity index is 1.16. The van der Waals surface area contributed by atoms with Gasteiger partial charge < -0.3 is 18.5 Å². The number of aromatic nitrogens is 2. The average molecular weight is 742 g/mol. The van der Waals surface area contributed by atoms with Crippen LogP contribution >= 0.6 is 0 Å². The molecule has 0 atom stereocenters. The van der Waals surface area contributed by atoms with Crippen molar-refractivity contribution in [2.45, 2.75) is 0 Å². The maximum Gasteiger partial charge on any atom is 0.136 e. The lowest BCUT2D eigenvalue weighted by atomic mass is 9.98. The largest absolute Gasteiger partial charge is 0.456 e. The summed E-state index contributed by atoms with van der Waals surface area (Å²) in [5.74, 6) is 0. The van der Waals surface area contributed by atoms with Gasteiger partial charge in [0.05, 0.1) is 27.8 Å². The fraction of sp³-hybridized carbons (Fsp3) is 0. The first-order valence-corrected chi connectivity index (χ1v) is 19.8. The summed E-state index contributed by atoms with van der Waals surface area (Å²) in [7, 11) is 0. The fourth-order valence-corrected chi connectivity index (χ4v) is 9.25. The van der Waals surface area contributed by atoms with Crippen LogP contribution in [0.4, 0.5) is 17.1 Å². The number of rotatable bonds is 6. The van der Waals surface area contributed by atoms with Crippen LogP contribution in [0.2, 0.25) is 0 Å². The van der Waals surface area contributed by atoms with Crippen molar-refractivity contribution in [3.05, 3.63) is 212 Å². The molecule has 0 bridgehead atoms. The van der Waals surface area contributed by atoms with Crippen molar-refractivity contribution in [2.75, 3.05) is 4.90 Å². The minimum absolute atomic E-state index is 0.888. The number of nitrogens with zero attached hydrogens (tertiary/aromatic N) is 3. The second-order valence-electron chi connectivity index (χ2n) is 14.9. The number of benzene rings is 9. The molecule has 0 fully saturated rings. The molecule has 12 aromatic rings. The Hall–Kier alpha value is -7.82. The van der Waals surface area contributed by atoms with Crippen LogP contribution in [0.25, 0.3) is 88.1 Å². The molecule has 3 aromatic heterocycles. The second-order valence-corrected chi connectivity index (χ2v) is 14.9. The Bertz CT molecular complexity index is 3520. The molecule has 58 heavy (non-hydrogen) atoms. The van der Waals surface area contributed by atoms with Gasteiger partial charge in [-0.05, 0) is 96.1 Å². The summed E-state index contributed by atoms with van der Waals surface area (Å²) >= 11 is 0. The van der Waals surface area contributed by atoms with Gasteiger partial charge in [0.15, 0.2) is 0 Å². The monoisotopic (exact) mass is 741 g/mol. The molecular weight excluding hydrogens is 707 g/mol. The molecule has 4 nitrogen and oxygen atoms in total. The van der Waals surface area contributed by atoms with Gasteiger partial charge in [0.1, 0.15) is 11.2 Å². The van der Waals surface area contributed by atoms with E-state index in [9.17, 15) is 0 Å². The molecule has 12 rings (SSSR count). The van der Waals surface area contributed by atoms with Crippen molar-refractivity contribution in [1.82, 2.24) is 9.13 Å². The molecular formula is C54H35N3O. The number of furan rings is 1. The predicted octanol–water partition coefficient (Wildman–Crippen LogP) is 14.9. The van der Waals surface area contributed by atoms with Gasteiger partial charge in [-0.3, -0.25) is 0 Å². The van der Waals surface area contributed by atoms with E-state index in [0.717, 1.165) is 72.5 Å². The maximum atomic E-state index is 6.36. The van der Waals surface area contributed by atoms with E-state index in [1.807, 2.05) is 6.07 Å². The predicted molar refractivity (Wildman–Crippen MR) is 243 cm³/mol. The summed E-state index contributed by atoms with van der Waals surface area (Å²) in [6.45, 7) is 0. The Morgan fingerprint density at radius 3 is 1.71 bits per heavy atom. The molecule has 0 aliphatic heterocycles. The zero-order valence-corrected chi connectivity index (χ0v) is 31.5. The van der Waals surface area contributed by atoms with Gasteiger partial charge in [-0.2, -0.15) is 0 Å². The summed E-state index contributed by atoms with van der Waals surface area (Å²) in [5.41, 5.74) is 14.2. The van der Waals surface area contributed by atoms with E-state index in [2.05, 4.69) is 220 Å². The Morgan fingerprint density at radius 2 is 0.914 bits per heavy atom. The summed E-state index contributed by atoms with van der Waals surface area (Å²) in [6, 6.07) is 76.3. The first-order valence-electron chi connectivity index (χ1n) is 19.8. The molecule has 0 aliphatic rings. The molecule has 0 saturated carbocycles. The third-order valence-electron chi connectivity index (χ3n) is 11.7. The third kappa shape index (κ3) is 4.88. The lowest BCUT2D eigenvalue weighted by molar-refractivity contribution is 0.669. The van der Waals surface area contributed by atoms with Crippen LogP contribution in [0.15, 0.2) is 217 Å². The zero-order valence-electron chi connectivity index (χ0n) is 31.5. The van der Waals surface area contributed by atoms with Gasteiger partial charge in [-0.25, -0.2) is 0 Å². The summed E-state index contributed by atoms with van der Waals surface area (Å²) in [5, 5.41) is 7.09. The van der Waals surface area contributed by atoms with E-state index in [4.69, 9.17) is 4.42 Å². The summed E-state index contributed by atoms with van der Waals surface area (Å²) < 4.78 is 11.1. The quantitative estimate of drug-likeness (QED) is 0.170. The van der Waals surface area contributed by atoms with Crippen LogP contribution in [0.3, 0.4) is 0 Å². The van der Waals surface area contributed by atoms with Gasteiger partial charge in [-0.1, -0.05) is 127 Å². The summed E-state index contributed by atoms with van der Waals surface area (Å²) in [4.78, 5) is 2.45. The van der Waals surface area contributed by atoms with E-state index in [1.54, 1.807) is 0 Å². The fourth-order valence-electron chi connectivity index (χ4n) is 9.25. The molecule has 4 heteroatoms. The molecule has 0 N–H and O–H groups in total. The van der Waals surface area contributed by atoms with Gasteiger partial charge >= 0.3 is 0 Å². The van der Waals surface area contributed by atoms with E-state index in [0.29, 0.717) is 0 Å². The molecule has 0 unspecified atom stereocenters. The number of hydrogen-bond donors (Lipinski definition) is 0. The van der Waals surface area contributed by atoms with Crippen LogP contribution < -0.4 is 4.90 Å². The Kier molecular flexibility index (Phi) is 7.20. The van der Waals surface area contributed by atoms with Crippen LogP contribution in [0.5, 0.6) is 0 Å². The normalized spacial score (nSPS) is 11.8. The first kappa shape index (κ1) is 32.4. The molecule has 0 spiro atoms. The number of fused-ring (bicyclic) bond motifs is 9. The highest BCUT2D eigenvalue weighted by atomic mass is 16.3. The molecule has 0 amide bonds. The van der Waals surface area contributed by atoms with Crippen LogP contribution in [0, 0.1) is 0 Å². The van der Waals surface area contributed by atoms with Crippen LogP contribution in [-0.2, 0) is 0 Å². The van der Waals surface area contributed by atoms with E-state index in [1.165, 1.54) is 32.6 Å². The second kappa shape index (κ2) is 12.9. The summed E-state index contributed by atoms with van der Waals surface area (Å²) in [6.07, 6.45) is 0. The third-order valence-corrected chi connectivity index (χ3v) is 11.7. The first-order chi connectivity index (χ1) is 28.8. The highest BCUT2D eigenvalue weighted by Gasteiger charge is 2.23. The van der Waals surface area contributed by atoms with Crippen LogP contribution in [0.1, 0.15) is 0 Å². The topological polar surface area (TPSA) is 26.2 Å². The molecule has 272 valence electrons. The minimum atomic E-state index is 0.888. The lowest BCUT2D eigenvalue weighted by Crippen LogP contribution is -2.11. The van der Waals surface area contributed by atoms with Crippen molar-refractivity contribution in [3.8, 4) is 22.5 Å². The standard InChI is InChI=1S/C54H35N3O/c1-3-17-37(18-4-1)56-47-27-11-8-23-44(47)54-48(28-15-29-49(54)56)55(39-21-13-16-36(34-39)41-25-14-31-52-53(41)45-24-9-12-30-51(45)58-52)40-32-33-43-42-22-7-10-26-46(42)57(50(43)35-40)38-19-5-2-6-20-38/h1-35H. The highest BCUT2D eigenvalue weighted by Crippen LogP contribution is 2.46. The SMILES string of the molecule is c1ccc(-n2c3ccccc3c3ccc(N(c4cccc(-c5cccc6oc7ccccc7c56)c4)c4cccc5c4c4ccccc4n5-c4ccccc4)cc32)cc1. The van der Waals surface area contributed by atoms with Gasteiger partial charge in [-0.15, -0.1) is 0 Å². The highest BCUT2D eigenvalue weighted by molar-refractivity contribution is 6.18. The number of anilines is 3. The Labute approximate surface area is 334 Å². The molecule has 9 aromatic carbocycles. The van der Waals surface area contributed by atoms with Crippen LogP contribution in [-0.4, -0.2) is 9.13 Å². The zero-order chi connectivity index (χ0) is 38.2. The minimum Gasteiger partial charge on any atom is -0.456 e. The number of hydrogen-bond acceptors (Lipinski definition) is 2. The molecule has 0 radical (unpaired) electrons. The smallest absolute Gasteiger partial charge is 0.136 e. The molecule has 0 aliphatic carbocycles. The number of para-hydroxylation sites is 5.